The Kier molecular flexibility index (Phi) is 6.67. The van der Waals surface area contributed by atoms with Gasteiger partial charge in [0.15, 0.2) is 5.96 Å². The van der Waals surface area contributed by atoms with Crippen LogP contribution in [-0.4, -0.2) is 25.6 Å². The molecular formula is C20H27N3. The number of hydrogen-bond donors (Lipinski definition) is 2. The number of aliphatic imine (C=N–C) groups is 1. The Labute approximate surface area is 139 Å². The number of rotatable bonds is 6. The van der Waals surface area contributed by atoms with Crippen molar-refractivity contribution in [3.8, 4) is 0 Å². The van der Waals surface area contributed by atoms with Gasteiger partial charge in [-0.25, -0.2) is 0 Å². The minimum Gasteiger partial charge on any atom is -0.356 e. The number of guanidine groups is 1. The zero-order valence-corrected chi connectivity index (χ0v) is 14.3. The first-order valence-electron chi connectivity index (χ1n) is 8.27. The Morgan fingerprint density at radius 3 is 1.87 bits per heavy atom. The predicted molar refractivity (Wildman–Crippen MR) is 99.0 cm³/mol. The molecule has 0 heterocycles. The second-order valence-corrected chi connectivity index (χ2v) is 5.96. The molecule has 0 bridgehead atoms. The molecule has 0 amide bonds. The molecule has 0 radical (unpaired) electrons. The topological polar surface area (TPSA) is 36.4 Å². The molecule has 23 heavy (non-hydrogen) atoms. The monoisotopic (exact) mass is 309 g/mol. The van der Waals surface area contributed by atoms with Crippen molar-refractivity contribution in [1.29, 1.82) is 0 Å². The highest BCUT2D eigenvalue weighted by molar-refractivity contribution is 5.79. The van der Waals surface area contributed by atoms with Crippen molar-refractivity contribution in [2.45, 2.75) is 32.2 Å². The zero-order valence-electron chi connectivity index (χ0n) is 14.3. The van der Waals surface area contributed by atoms with E-state index >= 15 is 0 Å². The van der Waals surface area contributed by atoms with Crippen LogP contribution in [-0.2, 0) is 0 Å². The SMILES string of the molecule is CN=C(NCCC(c1ccccc1)c1ccccc1)NC(C)C. The highest BCUT2D eigenvalue weighted by atomic mass is 15.2. The van der Waals surface area contributed by atoms with Crippen LogP contribution in [0.2, 0.25) is 0 Å². The van der Waals surface area contributed by atoms with Crippen LogP contribution in [0.4, 0.5) is 0 Å². The smallest absolute Gasteiger partial charge is 0.191 e. The molecule has 0 spiro atoms. The van der Waals surface area contributed by atoms with Crippen molar-refractivity contribution in [3.63, 3.8) is 0 Å². The molecule has 0 aromatic heterocycles. The lowest BCUT2D eigenvalue weighted by atomic mass is 9.88. The second kappa shape index (κ2) is 8.99. The standard InChI is InChI=1S/C20H27N3/c1-16(2)23-20(21-3)22-15-14-19(17-10-6-4-7-11-17)18-12-8-5-9-13-18/h4-13,16,19H,14-15H2,1-3H3,(H2,21,22,23). The highest BCUT2D eigenvalue weighted by Gasteiger charge is 2.13. The van der Waals surface area contributed by atoms with Gasteiger partial charge in [0, 0.05) is 25.6 Å². The number of benzene rings is 2. The molecule has 122 valence electrons. The molecule has 0 atom stereocenters. The third-order valence-corrected chi connectivity index (χ3v) is 3.78. The minimum absolute atomic E-state index is 0.375. The molecule has 0 saturated heterocycles. The van der Waals surface area contributed by atoms with Crippen LogP contribution in [0.5, 0.6) is 0 Å². The van der Waals surface area contributed by atoms with Crippen molar-refractivity contribution in [2.24, 2.45) is 4.99 Å². The second-order valence-electron chi connectivity index (χ2n) is 5.96. The largest absolute Gasteiger partial charge is 0.356 e. The van der Waals surface area contributed by atoms with Gasteiger partial charge in [-0.3, -0.25) is 4.99 Å². The van der Waals surface area contributed by atoms with E-state index in [-0.39, 0.29) is 0 Å². The summed E-state index contributed by atoms with van der Waals surface area (Å²) in [5.74, 6) is 1.25. The fraction of sp³-hybridized carbons (Fsp3) is 0.350. The van der Waals surface area contributed by atoms with Gasteiger partial charge in [-0.1, -0.05) is 60.7 Å². The van der Waals surface area contributed by atoms with E-state index in [9.17, 15) is 0 Å². The van der Waals surface area contributed by atoms with Crippen LogP contribution >= 0.6 is 0 Å². The Morgan fingerprint density at radius 1 is 0.913 bits per heavy atom. The van der Waals surface area contributed by atoms with E-state index in [0.717, 1.165) is 18.9 Å². The van der Waals surface area contributed by atoms with Gasteiger partial charge in [-0.05, 0) is 31.4 Å². The number of hydrogen-bond acceptors (Lipinski definition) is 1. The normalized spacial score (nSPS) is 11.8. The van der Waals surface area contributed by atoms with Gasteiger partial charge in [-0.2, -0.15) is 0 Å². The van der Waals surface area contributed by atoms with Crippen molar-refractivity contribution >= 4 is 5.96 Å². The quantitative estimate of drug-likeness (QED) is 0.629. The molecule has 0 aliphatic heterocycles. The molecule has 0 aliphatic carbocycles. The van der Waals surface area contributed by atoms with E-state index in [4.69, 9.17) is 0 Å². The summed E-state index contributed by atoms with van der Waals surface area (Å²) in [6.07, 6.45) is 1.02. The van der Waals surface area contributed by atoms with Gasteiger partial charge in [0.05, 0.1) is 0 Å². The van der Waals surface area contributed by atoms with Crippen molar-refractivity contribution < 1.29 is 0 Å². The van der Waals surface area contributed by atoms with E-state index in [1.54, 1.807) is 0 Å². The molecule has 2 aromatic rings. The summed E-state index contributed by atoms with van der Waals surface area (Å²) < 4.78 is 0. The van der Waals surface area contributed by atoms with E-state index in [0.29, 0.717) is 12.0 Å². The van der Waals surface area contributed by atoms with Crippen LogP contribution in [0, 0.1) is 0 Å². The van der Waals surface area contributed by atoms with Gasteiger partial charge < -0.3 is 10.6 Å². The summed E-state index contributed by atoms with van der Waals surface area (Å²) in [4.78, 5) is 4.26. The minimum atomic E-state index is 0.375. The Bertz CT molecular complexity index is 551. The fourth-order valence-electron chi connectivity index (χ4n) is 2.70. The predicted octanol–water partition coefficient (Wildman–Crippen LogP) is 3.78. The van der Waals surface area contributed by atoms with Crippen LogP contribution in [0.1, 0.15) is 37.3 Å². The molecule has 0 saturated carbocycles. The molecule has 0 fully saturated rings. The summed E-state index contributed by atoms with van der Waals surface area (Å²) in [5.41, 5.74) is 2.71. The Balaban J connectivity index is 2.05. The summed E-state index contributed by atoms with van der Waals surface area (Å²) >= 11 is 0. The number of nitrogens with zero attached hydrogens (tertiary/aromatic N) is 1. The van der Waals surface area contributed by atoms with Gasteiger partial charge >= 0.3 is 0 Å². The number of nitrogens with one attached hydrogen (secondary N) is 2. The van der Waals surface area contributed by atoms with Crippen LogP contribution in [0.3, 0.4) is 0 Å². The molecule has 0 unspecified atom stereocenters. The molecule has 2 N–H and O–H groups in total. The summed E-state index contributed by atoms with van der Waals surface area (Å²) in [6.45, 7) is 5.11. The Morgan fingerprint density at radius 2 is 1.43 bits per heavy atom. The van der Waals surface area contributed by atoms with Gasteiger partial charge in [0.1, 0.15) is 0 Å². The van der Waals surface area contributed by atoms with Gasteiger partial charge in [0.25, 0.3) is 0 Å². The summed E-state index contributed by atoms with van der Waals surface area (Å²) in [5, 5.41) is 6.73. The zero-order chi connectivity index (χ0) is 16.5. The van der Waals surface area contributed by atoms with Crippen molar-refractivity contribution in [3.05, 3.63) is 71.8 Å². The van der Waals surface area contributed by atoms with Gasteiger partial charge in [-0.15, -0.1) is 0 Å². The van der Waals surface area contributed by atoms with Gasteiger partial charge in [0.2, 0.25) is 0 Å². The molecule has 2 rings (SSSR count). The van der Waals surface area contributed by atoms with E-state index < -0.39 is 0 Å². The van der Waals surface area contributed by atoms with Crippen molar-refractivity contribution in [2.75, 3.05) is 13.6 Å². The maximum absolute atomic E-state index is 4.26. The van der Waals surface area contributed by atoms with E-state index in [1.165, 1.54) is 11.1 Å². The first-order chi connectivity index (χ1) is 11.2. The summed E-state index contributed by atoms with van der Waals surface area (Å²) in [6, 6.07) is 21.8. The van der Waals surface area contributed by atoms with Crippen LogP contribution in [0.15, 0.2) is 65.7 Å². The van der Waals surface area contributed by atoms with Crippen LogP contribution < -0.4 is 10.6 Å². The third-order valence-electron chi connectivity index (χ3n) is 3.78. The maximum atomic E-state index is 4.26. The summed E-state index contributed by atoms with van der Waals surface area (Å²) in [7, 11) is 1.81. The van der Waals surface area contributed by atoms with E-state index in [1.807, 2.05) is 7.05 Å². The molecule has 3 nitrogen and oxygen atoms in total. The highest BCUT2D eigenvalue weighted by Crippen LogP contribution is 2.27. The van der Waals surface area contributed by atoms with Crippen molar-refractivity contribution in [1.82, 2.24) is 10.6 Å². The average Bonchev–Trinajstić information content (AvgIpc) is 2.59. The average molecular weight is 309 g/mol. The first kappa shape index (κ1) is 17.1. The fourth-order valence-corrected chi connectivity index (χ4v) is 2.70. The lowest BCUT2D eigenvalue weighted by Gasteiger charge is -2.20. The molecule has 3 heteroatoms. The first-order valence-corrected chi connectivity index (χ1v) is 8.27. The molecular weight excluding hydrogens is 282 g/mol. The van der Waals surface area contributed by atoms with E-state index in [2.05, 4.69) is 90.1 Å². The lowest BCUT2D eigenvalue weighted by molar-refractivity contribution is 0.657. The Hall–Kier alpha value is -2.29. The lowest BCUT2D eigenvalue weighted by Crippen LogP contribution is -2.41. The van der Waals surface area contributed by atoms with Crippen LogP contribution in [0.25, 0.3) is 0 Å². The third kappa shape index (κ3) is 5.44. The maximum Gasteiger partial charge on any atom is 0.191 e. The molecule has 0 aliphatic rings. The molecule has 2 aromatic carbocycles.